The van der Waals surface area contributed by atoms with Crippen LogP contribution in [0.4, 0.5) is 5.69 Å². The number of aromatic nitrogens is 2. The predicted molar refractivity (Wildman–Crippen MR) is 73.9 cm³/mol. The van der Waals surface area contributed by atoms with E-state index in [1.165, 1.54) is 24.2 Å². The molecular weight excluding hydrogens is 240 g/mol. The molecule has 2 rings (SSSR count). The number of carbonyl (C=O) groups is 1. The second-order valence-electron chi connectivity index (χ2n) is 4.29. The van der Waals surface area contributed by atoms with Gasteiger partial charge in [0.15, 0.2) is 0 Å². The van der Waals surface area contributed by atoms with Gasteiger partial charge in [-0.05, 0) is 19.1 Å². The highest BCUT2D eigenvalue weighted by atomic mass is 16.2. The fourth-order valence-corrected chi connectivity index (χ4v) is 1.59. The quantitative estimate of drug-likeness (QED) is 0.844. The van der Waals surface area contributed by atoms with E-state index >= 15 is 0 Å². The van der Waals surface area contributed by atoms with Crippen LogP contribution >= 0.6 is 0 Å². The summed E-state index contributed by atoms with van der Waals surface area (Å²) in [6, 6.07) is 8.11. The fraction of sp³-hybridized carbons (Fsp3) is 0.214. The number of amides is 1. The summed E-state index contributed by atoms with van der Waals surface area (Å²) in [7, 11) is 1.92. The van der Waals surface area contributed by atoms with Crippen molar-refractivity contribution in [3.8, 4) is 0 Å². The van der Waals surface area contributed by atoms with Gasteiger partial charge in [0.1, 0.15) is 5.69 Å². The summed E-state index contributed by atoms with van der Waals surface area (Å²) in [4.78, 5) is 21.6. The molecule has 0 saturated heterocycles. The van der Waals surface area contributed by atoms with E-state index in [9.17, 15) is 4.79 Å². The molecule has 1 N–H and O–H groups in total. The van der Waals surface area contributed by atoms with E-state index in [0.29, 0.717) is 12.4 Å². The molecule has 0 spiro atoms. The van der Waals surface area contributed by atoms with Gasteiger partial charge in [0.25, 0.3) is 5.91 Å². The van der Waals surface area contributed by atoms with Crippen LogP contribution < -0.4 is 10.2 Å². The normalized spacial score (nSPS) is 10.0. The van der Waals surface area contributed by atoms with Crippen LogP contribution in [-0.4, -0.2) is 29.6 Å². The van der Waals surface area contributed by atoms with E-state index < -0.39 is 0 Å². The minimum Gasteiger partial charge on any atom is -0.357 e. The molecule has 98 valence electrons. The largest absolute Gasteiger partial charge is 0.357 e. The maximum absolute atomic E-state index is 11.8. The molecule has 0 bridgehead atoms. The molecule has 2 aromatic rings. The molecule has 0 aliphatic carbocycles. The standard InChI is InChI=1S/C14H16N4O/c1-11-3-5-12(6-4-11)18(2)10-17-14(19)13-9-15-7-8-16-13/h3-9H,10H2,1-2H3,(H,17,19). The number of hydrogen-bond acceptors (Lipinski definition) is 4. The van der Waals surface area contributed by atoms with Crippen molar-refractivity contribution in [1.82, 2.24) is 15.3 Å². The molecule has 1 aromatic carbocycles. The second-order valence-corrected chi connectivity index (χ2v) is 4.29. The van der Waals surface area contributed by atoms with Gasteiger partial charge in [0.05, 0.1) is 12.9 Å². The molecule has 1 aromatic heterocycles. The average molecular weight is 256 g/mol. The van der Waals surface area contributed by atoms with E-state index in [0.717, 1.165) is 5.69 Å². The van der Waals surface area contributed by atoms with Gasteiger partial charge in [-0.15, -0.1) is 0 Å². The Morgan fingerprint density at radius 3 is 2.63 bits per heavy atom. The van der Waals surface area contributed by atoms with Crippen LogP contribution in [0.2, 0.25) is 0 Å². The zero-order valence-corrected chi connectivity index (χ0v) is 11.0. The van der Waals surface area contributed by atoms with Crippen LogP contribution in [0.25, 0.3) is 0 Å². The molecule has 0 atom stereocenters. The molecule has 19 heavy (non-hydrogen) atoms. The highest BCUT2D eigenvalue weighted by Gasteiger charge is 2.07. The Bertz CT molecular complexity index is 539. The zero-order valence-electron chi connectivity index (χ0n) is 11.0. The smallest absolute Gasteiger partial charge is 0.272 e. The summed E-state index contributed by atoms with van der Waals surface area (Å²) in [6.45, 7) is 2.46. The lowest BCUT2D eigenvalue weighted by molar-refractivity contribution is 0.0948. The van der Waals surface area contributed by atoms with Gasteiger partial charge >= 0.3 is 0 Å². The van der Waals surface area contributed by atoms with Crippen molar-refractivity contribution in [2.45, 2.75) is 6.92 Å². The van der Waals surface area contributed by atoms with Crippen molar-refractivity contribution in [3.05, 3.63) is 54.1 Å². The minimum atomic E-state index is -0.230. The van der Waals surface area contributed by atoms with Gasteiger partial charge in [-0.25, -0.2) is 4.98 Å². The highest BCUT2D eigenvalue weighted by molar-refractivity contribution is 5.91. The molecule has 1 amide bonds. The number of carbonyl (C=O) groups excluding carboxylic acids is 1. The number of anilines is 1. The molecule has 0 saturated carbocycles. The Labute approximate surface area is 112 Å². The van der Waals surface area contributed by atoms with Gasteiger partial charge in [-0.3, -0.25) is 9.78 Å². The highest BCUT2D eigenvalue weighted by Crippen LogP contribution is 2.12. The molecule has 0 unspecified atom stereocenters. The van der Waals surface area contributed by atoms with Gasteiger partial charge < -0.3 is 10.2 Å². The monoisotopic (exact) mass is 256 g/mol. The first-order valence-corrected chi connectivity index (χ1v) is 5.99. The lowest BCUT2D eigenvalue weighted by Crippen LogP contribution is -2.35. The third-order valence-corrected chi connectivity index (χ3v) is 2.75. The third kappa shape index (κ3) is 3.51. The molecule has 5 heteroatoms. The Morgan fingerprint density at radius 2 is 2.00 bits per heavy atom. The summed E-state index contributed by atoms with van der Waals surface area (Å²) in [5.74, 6) is -0.230. The van der Waals surface area contributed by atoms with Crippen LogP contribution in [0.5, 0.6) is 0 Å². The molecule has 0 fully saturated rings. The second kappa shape index (κ2) is 5.95. The SMILES string of the molecule is Cc1ccc(N(C)CNC(=O)c2cnccn2)cc1. The number of nitrogens with zero attached hydrogens (tertiary/aromatic N) is 3. The van der Waals surface area contributed by atoms with Crippen LogP contribution in [0.1, 0.15) is 16.1 Å². The molecule has 0 radical (unpaired) electrons. The van der Waals surface area contributed by atoms with Crippen LogP contribution in [0.15, 0.2) is 42.9 Å². The van der Waals surface area contributed by atoms with Crippen LogP contribution in [0.3, 0.4) is 0 Å². The van der Waals surface area contributed by atoms with Crippen molar-refractivity contribution in [3.63, 3.8) is 0 Å². The lowest BCUT2D eigenvalue weighted by atomic mass is 10.2. The number of benzene rings is 1. The van der Waals surface area contributed by atoms with E-state index in [1.807, 2.05) is 43.1 Å². The summed E-state index contributed by atoms with van der Waals surface area (Å²) >= 11 is 0. The van der Waals surface area contributed by atoms with Gasteiger partial charge in [-0.1, -0.05) is 17.7 Å². The van der Waals surface area contributed by atoms with Crippen molar-refractivity contribution in [2.24, 2.45) is 0 Å². The van der Waals surface area contributed by atoms with E-state index in [4.69, 9.17) is 0 Å². The molecule has 5 nitrogen and oxygen atoms in total. The maximum atomic E-state index is 11.8. The Hall–Kier alpha value is -2.43. The Kier molecular flexibility index (Phi) is 4.07. The van der Waals surface area contributed by atoms with Crippen molar-refractivity contribution >= 4 is 11.6 Å². The van der Waals surface area contributed by atoms with Crippen molar-refractivity contribution in [1.29, 1.82) is 0 Å². The molecule has 1 heterocycles. The predicted octanol–water partition coefficient (Wildman–Crippen LogP) is 1.61. The summed E-state index contributed by atoms with van der Waals surface area (Å²) in [6.07, 6.45) is 4.48. The minimum absolute atomic E-state index is 0.230. The van der Waals surface area contributed by atoms with Crippen molar-refractivity contribution < 1.29 is 4.79 Å². The molecule has 0 aliphatic rings. The number of aryl methyl sites for hydroxylation is 1. The number of nitrogens with one attached hydrogen (secondary N) is 1. The van der Waals surface area contributed by atoms with E-state index in [1.54, 1.807) is 0 Å². The van der Waals surface area contributed by atoms with Crippen LogP contribution in [-0.2, 0) is 0 Å². The fourth-order valence-electron chi connectivity index (χ4n) is 1.59. The summed E-state index contributed by atoms with van der Waals surface area (Å²) in [5.41, 5.74) is 2.57. The van der Waals surface area contributed by atoms with E-state index in [-0.39, 0.29) is 5.91 Å². The number of rotatable bonds is 4. The van der Waals surface area contributed by atoms with E-state index in [2.05, 4.69) is 15.3 Å². The summed E-state index contributed by atoms with van der Waals surface area (Å²) in [5, 5.41) is 2.80. The third-order valence-electron chi connectivity index (χ3n) is 2.75. The topological polar surface area (TPSA) is 58.1 Å². The van der Waals surface area contributed by atoms with Gasteiger partial charge in [0, 0.05) is 25.1 Å². The molecule has 0 aliphatic heterocycles. The van der Waals surface area contributed by atoms with Crippen molar-refractivity contribution in [2.75, 3.05) is 18.6 Å². The summed E-state index contributed by atoms with van der Waals surface area (Å²) < 4.78 is 0. The van der Waals surface area contributed by atoms with Gasteiger partial charge in [0.2, 0.25) is 0 Å². The zero-order chi connectivity index (χ0) is 13.7. The maximum Gasteiger partial charge on any atom is 0.272 e. The first-order valence-electron chi connectivity index (χ1n) is 5.99. The Balaban J connectivity index is 1.92. The first-order chi connectivity index (χ1) is 9.16. The Morgan fingerprint density at radius 1 is 1.26 bits per heavy atom. The average Bonchev–Trinajstić information content (AvgIpc) is 2.46. The van der Waals surface area contributed by atoms with Gasteiger partial charge in [-0.2, -0.15) is 0 Å². The van der Waals surface area contributed by atoms with Crippen LogP contribution in [0, 0.1) is 6.92 Å². The number of hydrogen-bond donors (Lipinski definition) is 1. The lowest BCUT2D eigenvalue weighted by Gasteiger charge is -2.19. The first kappa shape index (κ1) is 13.0. The molecular formula is C14H16N4O.